The van der Waals surface area contributed by atoms with Crippen molar-refractivity contribution in [2.75, 3.05) is 0 Å². The minimum Gasteiger partial charge on any atom is -0.453 e. The Kier molecular flexibility index (Phi) is 3.08. The van der Waals surface area contributed by atoms with Gasteiger partial charge in [0.2, 0.25) is 0 Å². The third-order valence-electron chi connectivity index (χ3n) is 1.83. The average molecular weight is 320 g/mol. The van der Waals surface area contributed by atoms with Crippen molar-refractivity contribution in [3.8, 4) is 0 Å². The first kappa shape index (κ1) is 9.98. The van der Waals surface area contributed by atoms with Gasteiger partial charge in [-0.25, -0.2) is 4.98 Å². The van der Waals surface area contributed by atoms with E-state index in [4.69, 9.17) is 4.42 Å². The summed E-state index contributed by atoms with van der Waals surface area (Å²) in [7, 11) is 0. The number of imidazole rings is 1. The summed E-state index contributed by atoms with van der Waals surface area (Å²) in [6, 6.07) is 3.82. The molecule has 0 aliphatic carbocycles. The molecule has 0 aliphatic heterocycles. The van der Waals surface area contributed by atoms with Gasteiger partial charge in [0, 0.05) is 18.8 Å². The van der Waals surface area contributed by atoms with Crippen molar-refractivity contribution in [2.45, 2.75) is 11.2 Å². The smallest absolute Gasteiger partial charge is 0.169 e. The molecule has 0 fully saturated rings. The number of alkyl halides is 1. The monoisotopic (exact) mass is 318 g/mol. The van der Waals surface area contributed by atoms with Gasteiger partial charge in [-0.05, 0) is 28.1 Å². The summed E-state index contributed by atoms with van der Waals surface area (Å²) in [5.74, 6) is 1.84. The first-order valence-electron chi connectivity index (χ1n) is 4.13. The molecule has 5 heteroatoms. The van der Waals surface area contributed by atoms with Gasteiger partial charge in [0.25, 0.3) is 0 Å². The molecule has 1 atom stereocenters. The van der Waals surface area contributed by atoms with E-state index < -0.39 is 0 Å². The number of rotatable bonds is 3. The number of nitrogens with zero attached hydrogens (tertiary/aromatic N) is 1. The van der Waals surface area contributed by atoms with Gasteiger partial charge in [-0.1, -0.05) is 15.9 Å². The summed E-state index contributed by atoms with van der Waals surface area (Å²) in [5, 5.41) is 0. The number of nitrogens with one attached hydrogen (secondary N) is 1. The lowest BCUT2D eigenvalue weighted by Crippen LogP contribution is -1.95. The number of aromatic amines is 1. The first-order valence-corrected chi connectivity index (χ1v) is 5.84. The number of aromatic nitrogens is 2. The summed E-state index contributed by atoms with van der Waals surface area (Å²) in [6.45, 7) is 0. The predicted octanol–water partition coefficient (Wildman–Crippen LogP) is 3.44. The second-order valence-corrected chi connectivity index (χ2v) is 4.74. The van der Waals surface area contributed by atoms with Crippen LogP contribution in [0.1, 0.15) is 16.4 Å². The number of hydrogen-bond donors (Lipinski definition) is 1. The fourth-order valence-electron chi connectivity index (χ4n) is 1.18. The Bertz CT molecular complexity index is 397. The Morgan fingerprint density at radius 1 is 1.50 bits per heavy atom. The van der Waals surface area contributed by atoms with Crippen molar-refractivity contribution in [3.05, 3.63) is 40.8 Å². The quantitative estimate of drug-likeness (QED) is 0.880. The molecule has 14 heavy (non-hydrogen) atoms. The highest BCUT2D eigenvalue weighted by molar-refractivity contribution is 9.10. The van der Waals surface area contributed by atoms with Gasteiger partial charge in [0.15, 0.2) is 4.67 Å². The Morgan fingerprint density at radius 3 is 2.93 bits per heavy atom. The maximum atomic E-state index is 5.42. The summed E-state index contributed by atoms with van der Waals surface area (Å²) >= 11 is 6.81. The molecule has 0 bridgehead atoms. The van der Waals surface area contributed by atoms with Crippen molar-refractivity contribution in [3.63, 3.8) is 0 Å². The molecule has 2 heterocycles. The number of H-pyrrole nitrogens is 1. The highest BCUT2D eigenvalue weighted by atomic mass is 79.9. The van der Waals surface area contributed by atoms with Gasteiger partial charge in [-0.3, -0.25) is 0 Å². The zero-order valence-corrected chi connectivity index (χ0v) is 10.4. The molecule has 1 N–H and O–H groups in total. The number of hydrogen-bond acceptors (Lipinski definition) is 2. The van der Waals surface area contributed by atoms with Crippen LogP contribution in [0.25, 0.3) is 0 Å². The van der Waals surface area contributed by atoms with Crippen LogP contribution < -0.4 is 0 Å². The SMILES string of the molecule is Brc1ccc(C(Br)Cc2ncc[nH]2)o1. The summed E-state index contributed by atoms with van der Waals surface area (Å²) < 4.78 is 6.17. The van der Waals surface area contributed by atoms with Crippen molar-refractivity contribution in [1.29, 1.82) is 0 Å². The van der Waals surface area contributed by atoms with Crippen LogP contribution in [0.5, 0.6) is 0 Å². The molecule has 0 saturated heterocycles. The van der Waals surface area contributed by atoms with Crippen LogP contribution in [0.3, 0.4) is 0 Å². The van der Waals surface area contributed by atoms with Crippen molar-refractivity contribution in [1.82, 2.24) is 9.97 Å². The molecule has 2 aromatic heterocycles. The normalized spacial score (nSPS) is 13.0. The maximum Gasteiger partial charge on any atom is 0.169 e. The third kappa shape index (κ3) is 2.27. The van der Waals surface area contributed by atoms with Gasteiger partial charge in [-0.15, -0.1) is 0 Å². The van der Waals surface area contributed by atoms with Gasteiger partial charge in [-0.2, -0.15) is 0 Å². The van der Waals surface area contributed by atoms with E-state index in [2.05, 4.69) is 41.8 Å². The van der Waals surface area contributed by atoms with Crippen molar-refractivity contribution < 1.29 is 4.42 Å². The van der Waals surface area contributed by atoms with Crippen molar-refractivity contribution in [2.24, 2.45) is 0 Å². The largest absolute Gasteiger partial charge is 0.453 e. The van der Waals surface area contributed by atoms with Crippen LogP contribution in [0, 0.1) is 0 Å². The Balaban J connectivity index is 2.06. The van der Waals surface area contributed by atoms with E-state index in [1.807, 2.05) is 18.3 Å². The summed E-state index contributed by atoms with van der Waals surface area (Å²) in [4.78, 5) is 7.35. The van der Waals surface area contributed by atoms with Crippen LogP contribution in [-0.4, -0.2) is 9.97 Å². The van der Waals surface area contributed by atoms with Gasteiger partial charge < -0.3 is 9.40 Å². The Morgan fingerprint density at radius 2 is 2.36 bits per heavy atom. The molecule has 2 rings (SSSR count). The maximum absolute atomic E-state index is 5.42. The lowest BCUT2D eigenvalue weighted by Gasteiger charge is -2.03. The molecule has 0 aliphatic rings. The van der Waals surface area contributed by atoms with E-state index in [9.17, 15) is 0 Å². The average Bonchev–Trinajstić information content (AvgIpc) is 2.75. The minimum atomic E-state index is 0.153. The first-order chi connectivity index (χ1) is 6.75. The van der Waals surface area contributed by atoms with Crippen molar-refractivity contribution >= 4 is 31.9 Å². The number of halogens is 2. The molecule has 0 radical (unpaired) electrons. The third-order valence-corrected chi connectivity index (χ3v) is 3.03. The van der Waals surface area contributed by atoms with Crippen LogP contribution >= 0.6 is 31.9 Å². The van der Waals surface area contributed by atoms with Crippen LogP contribution in [0.15, 0.2) is 33.6 Å². The van der Waals surface area contributed by atoms with E-state index in [1.54, 1.807) is 6.20 Å². The lowest BCUT2D eigenvalue weighted by molar-refractivity contribution is 0.484. The fourth-order valence-corrected chi connectivity index (χ4v) is 2.05. The molecule has 0 saturated carbocycles. The van der Waals surface area contributed by atoms with Gasteiger partial charge >= 0.3 is 0 Å². The zero-order chi connectivity index (χ0) is 9.97. The van der Waals surface area contributed by atoms with Gasteiger partial charge in [0.05, 0.1) is 4.83 Å². The fraction of sp³-hybridized carbons (Fsp3) is 0.222. The van der Waals surface area contributed by atoms with E-state index in [1.165, 1.54) is 0 Å². The highest BCUT2D eigenvalue weighted by Gasteiger charge is 2.13. The van der Waals surface area contributed by atoms with E-state index >= 15 is 0 Å². The van der Waals surface area contributed by atoms with E-state index in [0.717, 1.165) is 22.7 Å². The predicted molar refractivity (Wildman–Crippen MR) is 60.4 cm³/mol. The van der Waals surface area contributed by atoms with E-state index in [0.29, 0.717) is 0 Å². The molecule has 0 spiro atoms. The Hall–Kier alpha value is -0.550. The molecule has 0 aromatic carbocycles. The molecule has 74 valence electrons. The van der Waals surface area contributed by atoms with Crippen LogP contribution in [0.2, 0.25) is 0 Å². The molecule has 2 aromatic rings. The Labute approximate surface area is 98.2 Å². The van der Waals surface area contributed by atoms with Gasteiger partial charge in [0.1, 0.15) is 11.6 Å². The highest BCUT2D eigenvalue weighted by Crippen LogP contribution is 2.29. The second-order valence-electron chi connectivity index (χ2n) is 2.85. The van der Waals surface area contributed by atoms with Crippen LogP contribution in [0.4, 0.5) is 0 Å². The molecular formula is C9H8Br2N2O. The molecule has 3 nitrogen and oxygen atoms in total. The number of furan rings is 1. The zero-order valence-electron chi connectivity index (χ0n) is 7.21. The standard InChI is InChI=1S/C9H8Br2N2O/c10-6(5-9-12-3-4-13-9)7-1-2-8(11)14-7/h1-4,6H,5H2,(H,12,13). The minimum absolute atomic E-state index is 0.153. The van der Waals surface area contributed by atoms with E-state index in [-0.39, 0.29) is 4.83 Å². The molecular weight excluding hydrogens is 312 g/mol. The second kappa shape index (κ2) is 4.31. The molecule has 1 unspecified atom stereocenters. The summed E-state index contributed by atoms with van der Waals surface area (Å²) in [6.07, 6.45) is 4.34. The topological polar surface area (TPSA) is 41.8 Å². The lowest BCUT2D eigenvalue weighted by atomic mass is 10.2. The molecule has 0 amide bonds. The van der Waals surface area contributed by atoms with Crippen LogP contribution in [-0.2, 0) is 6.42 Å². The summed E-state index contributed by atoms with van der Waals surface area (Å²) in [5.41, 5.74) is 0.